The van der Waals surface area contributed by atoms with Crippen molar-refractivity contribution in [3.63, 3.8) is 0 Å². The molecule has 0 aliphatic rings. The van der Waals surface area contributed by atoms with Gasteiger partial charge in [0.25, 0.3) is 10.0 Å². The molecule has 0 unspecified atom stereocenters. The van der Waals surface area contributed by atoms with Gasteiger partial charge in [0, 0.05) is 22.3 Å². The minimum atomic E-state index is -4.00. The van der Waals surface area contributed by atoms with Gasteiger partial charge in [-0.2, -0.15) is 11.8 Å². The fourth-order valence-electron chi connectivity index (χ4n) is 3.18. The summed E-state index contributed by atoms with van der Waals surface area (Å²) in [5.74, 6) is 1.76. The van der Waals surface area contributed by atoms with E-state index >= 15 is 0 Å². The zero-order valence-electron chi connectivity index (χ0n) is 19.1. The van der Waals surface area contributed by atoms with E-state index in [4.69, 9.17) is 27.9 Å². The van der Waals surface area contributed by atoms with Crippen LogP contribution >= 0.6 is 35.0 Å². The Morgan fingerprint density at radius 1 is 1.00 bits per heavy atom. The lowest BCUT2D eigenvalue weighted by Crippen LogP contribution is -2.41. The van der Waals surface area contributed by atoms with Gasteiger partial charge in [-0.15, -0.1) is 0 Å². The van der Waals surface area contributed by atoms with Crippen molar-refractivity contribution in [1.29, 1.82) is 0 Å². The van der Waals surface area contributed by atoms with Crippen molar-refractivity contribution in [3.8, 4) is 5.75 Å². The van der Waals surface area contributed by atoms with E-state index in [1.54, 1.807) is 48.2 Å². The molecule has 0 atom stereocenters. The summed E-state index contributed by atoms with van der Waals surface area (Å²) in [7, 11) is -2.50. The minimum Gasteiger partial charge on any atom is -0.497 e. The summed E-state index contributed by atoms with van der Waals surface area (Å²) in [6.07, 6.45) is 0.743. The average molecular weight is 554 g/mol. The maximum atomic E-state index is 13.4. The van der Waals surface area contributed by atoms with Gasteiger partial charge in [-0.25, -0.2) is 8.42 Å². The molecule has 0 fully saturated rings. The first-order chi connectivity index (χ1) is 16.8. The molecular formula is C25H26Cl2N2O4S2. The van der Waals surface area contributed by atoms with Crippen LogP contribution in [0.1, 0.15) is 12.0 Å². The van der Waals surface area contributed by atoms with Crippen LogP contribution in [0.2, 0.25) is 10.0 Å². The van der Waals surface area contributed by atoms with E-state index in [1.807, 2.05) is 24.3 Å². The van der Waals surface area contributed by atoms with Gasteiger partial charge in [-0.05, 0) is 72.3 Å². The smallest absolute Gasteiger partial charge is 0.264 e. The zero-order chi connectivity index (χ0) is 25.3. The molecule has 0 heterocycles. The highest BCUT2D eigenvalue weighted by Crippen LogP contribution is 2.26. The summed E-state index contributed by atoms with van der Waals surface area (Å²) in [5, 5.41) is 4.03. The van der Waals surface area contributed by atoms with Gasteiger partial charge in [-0.3, -0.25) is 9.10 Å². The monoisotopic (exact) mass is 552 g/mol. The quantitative estimate of drug-likeness (QED) is 0.294. The lowest BCUT2D eigenvalue weighted by molar-refractivity contribution is -0.119. The van der Waals surface area contributed by atoms with Gasteiger partial charge >= 0.3 is 0 Å². The molecule has 35 heavy (non-hydrogen) atoms. The van der Waals surface area contributed by atoms with E-state index < -0.39 is 15.9 Å². The molecule has 186 valence electrons. The van der Waals surface area contributed by atoms with Crippen LogP contribution in [-0.2, 0) is 20.6 Å². The standard InChI is InChI=1S/C25H26Cl2N2O4S2/c1-33-22-11-13-23(14-12-22)35(31,32)29(21-9-7-20(26)8-10-21)17-25(30)28-15-4-16-34-18-19-5-2-3-6-24(19)27/h2-3,5-14H,4,15-18H2,1H3,(H,28,30). The third kappa shape index (κ3) is 7.80. The van der Waals surface area contributed by atoms with Crippen molar-refractivity contribution < 1.29 is 17.9 Å². The minimum absolute atomic E-state index is 0.0528. The van der Waals surface area contributed by atoms with Crippen LogP contribution in [0.4, 0.5) is 5.69 Å². The number of rotatable bonds is 12. The Balaban J connectivity index is 1.60. The van der Waals surface area contributed by atoms with E-state index in [0.717, 1.165) is 32.8 Å². The molecule has 10 heteroatoms. The highest BCUT2D eigenvalue weighted by atomic mass is 35.5. The molecule has 3 rings (SSSR count). The lowest BCUT2D eigenvalue weighted by Gasteiger charge is -2.24. The number of ether oxygens (including phenoxy) is 1. The number of methoxy groups -OCH3 is 1. The van der Waals surface area contributed by atoms with E-state index in [0.29, 0.717) is 23.0 Å². The topological polar surface area (TPSA) is 75.7 Å². The summed E-state index contributed by atoms with van der Waals surface area (Å²) in [5.41, 5.74) is 1.42. The van der Waals surface area contributed by atoms with Crippen molar-refractivity contribution in [2.45, 2.75) is 17.1 Å². The van der Waals surface area contributed by atoms with Gasteiger partial charge in [0.15, 0.2) is 0 Å². The number of halogens is 2. The van der Waals surface area contributed by atoms with Crippen molar-refractivity contribution in [1.82, 2.24) is 5.32 Å². The number of sulfonamides is 1. The molecule has 1 N–H and O–H groups in total. The number of benzene rings is 3. The van der Waals surface area contributed by atoms with Crippen molar-refractivity contribution in [3.05, 3.63) is 88.4 Å². The van der Waals surface area contributed by atoms with E-state index in [-0.39, 0.29) is 11.4 Å². The number of hydrogen-bond acceptors (Lipinski definition) is 5. The maximum Gasteiger partial charge on any atom is 0.264 e. The number of nitrogens with one attached hydrogen (secondary N) is 1. The molecule has 0 aliphatic carbocycles. The SMILES string of the molecule is COc1ccc(S(=O)(=O)N(CC(=O)NCCCSCc2ccccc2Cl)c2ccc(Cl)cc2)cc1. The van der Waals surface area contributed by atoms with E-state index in [9.17, 15) is 13.2 Å². The molecule has 0 aliphatic heterocycles. The third-order valence-electron chi connectivity index (χ3n) is 5.05. The Kier molecular flexibility index (Phi) is 10.2. The van der Waals surface area contributed by atoms with Crippen molar-refractivity contribution >= 4 is 56.6 Å². The number of amides is 1. The third-order valence-corrected chi connectivity index (χ3v) is 8.55. The van der Waals surface area contributed by atoms with Gasteiger partial charge in [0.1, 0.15) is 12.3 Å². The van der Waals surface area contributed by atoms with Crippen molar-refractivity contribution in [2.75, 3.05) is 30.3 Å². The highest BCUT2D eigenvalue weighted by molar-refractivity contribution is 7.98. The Labute approximate surface area is 220 Å². The Hall–Kier alpha value is -2.39. The first-order valence-electron chi connectivity index (χ1n) is 10.8. The fraction of sp³-hybridized carbons (Fsp3) is 0.240. The summed E-state index contributed by atoms with van der Waals surface area (Å²) < 4.78 is 33.0. The van der Waals surface area contributed by atoms with Crippen LogP contribution in [0, 0.1) is 0 Å². The Bertz CT molecular complexity index is 1220. The Morgan fingerprint density at radius 2 is 1.69 bits per heavy atom. The molecule has 0 saturated heterocycles. The molecule has 1 amide bonds. The van der Waals surface area contributed by atoms with Crippen LogP contribution < -0.4 is 14.4 Å². The molecule has 0 aromatic heterocycles. The van der Waals surface area contributed by atoms with E-state index in [2.05, 4.69) is 5.32 Å². The number of thioether (sulfide) groups is 1. The number of anilines is 1. The summed E-state index contributed by atoms with van der Waals surface area (Å²) in [6.45, 7) is 0.0775. The average Bonchev–Trinajstić information content (AvgIpc) is 2.86. The van der Waals surface area contributed by atoms with Gasteiger partial charge in [0.2, 0.25) is 5.91 Å². The molecule has 0 saturated carbocycles. The lowest BCUT2D eigenvalue weighted by atomic mass is 10.2. The first-order valence-corrected chi connectivity index (χ1v) is 14.2. The summed E-state index contributed by atoms with van der Waals surface area (Å²) in [6, 6.07) is 20.0. The molecule has 0 bridgehead atoms. The van der Waals surface area contributed by atoms with Gasteiger partial charge in [0.05, 0.1) is 17.7 Å². The van der Waals surface area contributed by atoms with Crippen molar-refractivity contribution in [2.24, 2.45) is 0 Å². The predicted molar refractivity (Wildman–Crippen MR) is 144 cm³/mol. The Morgan fingerprint density at radius 3 is 2.34 bits per heavy atom. The summed E-state index contributed by atoms with van der Waals surface area (Å²) >= 11 is 13.9. The normalized spacial score (nSPS) is 11.2. The second-order valence-electron chi connectivity index (χ2n) is 7.51. The summed E-state index contributed by atoms with van der Waals surface area (Å²) in [4.78, 5) is 12.7. The fourth-order valence-corrected chi connectivity index (χ4v) is 5.98. The van der Waals surface area contributed by atoms with E-state index in [1.165, 1.54) is 19.2 Å². The maximum absolute atomic E-state index is 13.4. The molecule has 3 aromatic carbocycles. The molecular weight excluding hydrogens is 527 g/mol. The largest absolute Gasteiger partial charge is 0.497 e. The van der Waals surface area contributed by atoms with Crippen LogP contribution in [-0.4, -0.2) is 40.3 Å². The van der Waals surface area contributed by atoms with Crippen LogP contribution in [0.5, 0.6) is 5.75 Å². The number of carbonyl (C=O) groups excluding carboxylic acids is 1. The highest BCUT2D eigenvalue weighted by Gasteiger charge is 2.27. The second kappa shape index (κ2) is 13.1. The molecule has 3 aromatic rings. The zero-order valence-corrected chi connectivity index (χ0v) is 22.3. The number of hydrogen-bond donors (Lipinski definition) is 1. The predicted octanol–water partition coefficient (Wildman–Crippen LogP) is 5.64. The second-order valence-corrected chi connectivity index (χ2v) is 11.3. The number of carbonyl (C=O) groups is 1. The van der Waals surface area contributed by atoms with Gasteiger partial charge < -0.3 is 10.1 Å². The van der Waals surface area contributed by atoms with Crippen LogP contribution in [0.3, 0.4) is 0 Å². The van der Waals surface area contributed by atoms with Crippen LogP contribution in [0.15, 0.2) is 77.7 Å². The number of nitrogens with zero attached hydrogens (tertiary/aromatic N) is 1. The van der Waals surface area contributed by atoms with Gasteiger partial charge in [-0.1, -0.05) is 41.4 Å². The first kappa shape index (κ1) is 27.2. The molecule has 0 spiro atoms. The van der Waals surface area contributed by atoms with Crippen LogP contribution in [0.25, 0.3) is 0 Å². The molecule has 6 nitrogen and oxygen atoms in total. The molecule has 0 radical (unpaired) electrons.